The van der Waals surface area contributed by atoms with Crippen molar-refractivity contribution in [3.8, 4) is 11.5 Å². The highest BCUT2D eigenvalue weighted by atomic mass is 16.5. The summed E-state index contributed by atoms with van der Waals surface area (Å²) in [5, 5.41) is 6.29. The first-order valence-corrected chi connectivity index (χ1v) is 7.61. The summed E-state index contributed by atoms with van der Waals surface area (Å²) >= 11 is 0. The van der Waals surface area contributed by atoms with E-state index in [1.54, 1.807) is 25.3 Å². The SMILES string of the molecule is COc1ccc(C(=O)Nc2ccc3c(c2)CCCN3)c(OC)c1. The third-order valence-corrected chi connectivity index (χ3v) is 3.95. The zero-order valence-electron chi connectivity index (χ0n) is 13.3. The number of amides is 1. The van der Waals surface area contributed by atoms with Gasteiger partial charge in [0.05, 0.1) is 19.8 Å². The van der Waals surface area contributed by atoms with Crippen LogP contribution in [0.25, 0.3) is 0 Å². The maximum Gasteiger partial charge on any atom is 0.259 e. The van der Waals surface area contributed by atoms with Gasteiger partial charge in [0.2, 0.25) is 0 Å². The number of ether oxygens (including phenoxy) is 2. The average Bonchev–Trinajstić information content (AvgIpc) is 2.60. The lowest BCUT2D eigenvalue weighted by atomic mass is 10.0. The van der Waals surface area contributed by atoms with Gasteiger partial charge in [0.1, 0.15) is 11.5 Å². The number of carbonyl (C=O) groups is 1. The maximum absolute atomic E-state index is 12.5. The minimum atomic E-state index is -0.201. The molecule has 2 aromatic carbocycles. The van der Waals surface area contributed by atoms with Gasteiger partial charge in [-0.3, -0.25) is 4.79 Å². The van der Waals surface area contributed by atoms with Crippen molar-refractivity contribution in [1.82, 2.24) is 0 Å². The van der Waals surface area contributed by atoms with Gasteiger partial charge in [-0.05, 0) is 48.7 Å². The Kier molecular flexibility index (Phi) is 4.37. The van der Waals surface area contributed by atoms with Crippen LogP contribution < -0.4 is 20.1 Å². The van der Waals surface area contributed by atoms with E-state index < -0.39 is 0 Å². The monoisotopic (exact) mass is 312 g/mol. The number of rotatable bonds is 4. The van der Waals surface area contributed by atoms with Crippen LogP contribution in [0.1, 0.15) is 22.3 Å². The van der Waals surface area contributed by atoms with Crippen LogP contribution in [0.3, 0.4) is 0 Å². The van der Waals surface area contributed by atoms with Crippen molar-refractivity contribution in [2.45, 2.75) is 12.8 Å². The first-order valence-electron chi connectivity index (χ1n) is 7.61. The van der Waals surface area contributed by atoms with Crippen molar-refractivity contribution in [2.24, 2.45) is 0 Å². The highest BCUT2D eigenvalue weighted by molar-refractivity contribution is 6.06. The molecule has 3 rings (SSSR count). The molecule has 0 aromatic heterocycles. The Morgan fingerprint density at radius 1 is 1.13 bits per heavy atom. The molecule has 0 radical (unpaired) electrons. The van der Waals surface area contributed by atoms with E-state index in [4.69, 9.17) is 9.47 Å². The van der Waals surface area contributed by atoms with Crippen LogP contribution in [0.4, 0.5) is 11.4 Å². The van der Waals surface area contributed by atoms with Gasteiger partial charge in [0, 0.05) is 24.0 Å². The maximum atomic E-state index is 12.5. The first-order chi connectivity index (χ1) is 11.2. The van der Waals surface area contributed by atoms with E-state index >= 15 is 0 Å². The van der Waals surface area contributed by atoms with E-state index in [1.807, 2.05) is 18.2 Å². The van der Waals surface area contributed by atoms with Crippen molar-refractivity contribution in [1.29, 1.82) is 0 Å². The molecule has 0 saturated carbocycles. The fourth-order valence-electron chi connectivity index (χ4n) is 2.74. The van der Waals surface area contributed by atoms with E-state index in [0.717, 1.165) is 30.8 Å². The Bertz CT molecular complexity index is 728. The van der Waals surface area contributed by atoms with Gasteiger partial charge < -0.3 is 20.1 Å². The first kappa shape index (κ1) is 15.2. The summed E-state index contributed by atoms with van der Waals surface area (Å²) in [6.45, 7) is 1.00. The Morgan fingerprint density at radius 3 is 2.78 bits per heavy atom. The average molecular weight is 312 g/mol. The summed E-state index contributed by atoms with van der Waals surface area (Å²) in [5.74, 6) is 0.938. The largest absolute Gasteiger partial charge is 0.497 e. The summed E-state index contributed by atoms with van der Waals surface area (Å²) in [6.07, 6.45) is 2.13. The molecule has 1 aliphatic rings. The van der Waals surface area contributed by atoms with E-state index in [2.05, 4.69) is 10.6 Å². The van der Waals surface area contributed by atoms with Crippen LogP contribution in [-0.4, -0.2) is 26.7 Å². The fourth-order valence-corrected chi connectivity index (χ4v) is 2.74. The highest BCUT2D eigenvalue weighted by Crippen LogP contribution is 2.28. The van der Waals surface area contributed by atoms with Crippen molar-refractivity contribution in [3.63, 3.8) is 0 Å². The molecule has 23 heavy (non-hydrogen) atoms. The van der Waals surface area contributed by atoms with Crippen molar-refractivity contribution < 1.29 is 14.3 Å². The number of carbonyl (C=O) groups excluding carboxylic acids is 1. The molecule has 2 N–H and O–H groups in total. The van der Waals surface area contributed by atoms with Gasteiger partial charge in [-0.15, -0.1) is 0 Å². The van der Waals surface area contributed by atoms with Crippen molar-refractivity contribution in [3.05, 3.63) is 47.5 Å². The number of hydrogen-bond donors (Lipinski definition) is 2. The smallest absolute Gasteiger partial charge is 0.259 e. The minimum absolute atomic E-state index is 0.201. The molecule has 1 aliphatic heterocycles. The lowest BCUT2D eigenvalue weighted by Gasteiger charge is -2.19. The molecule has 0 aliphatic carbocycles. The molecule has 1 heterocycles. The standard InChI is InChI=1S/C18H20N2O3/c1-22-14-6-7-15(17(11-14)23-2)18(21)20-13-5-8-16-12(10-13)4-3-9-19-16/h5-8,10-11,19H,3-4,9H2,1-2H3,(H,20,21). The van der Waals surface area contributed by atoms with Crippen LogP contribution in [0.2, 0.25) is 0 Å². The van der Waals surface area contributed by atoms with E-state index in [9.17, 15) is 4.79 Å². The second kappa shape index (κ2) is 6.60. The quantitative estimate of drug-likeness (QED) is 0.909. The van der Waals surface area contributed by atoms with Gasteiger partial charge in [0.25, 0.3) is 5.91 Å². The topological polar surface area (TPSA) is 59.6 Å². The summed E-state index contributed by atoms with van der Waals surface area (Å²) < 4.78 is 10.4. The number of aryl methyl sites for hydroxylation is 1. The summed E-state index contributed by atoms with van der Waals surface area (Å²) in [6, 6.07) is 11.1. The van der Waals surface area contributed by atoms with Crippen molar-refractivity contribution in [2.75, 3.05) is 31.4 Å². The number of methoxy groups -OCH3 is 2. The van der Waals surface area contributed by atoms with Gasteiger partial charge in [-0.25, -0.2) is 0 Å². The Labute approximate surface area is 135 Å². The molecule has 120 valence electrons. The highest BCUT2D eigenvalue weighted by Gasteiger charge is 2.15. The lowest BCUT2D eigenvalue weighted by molar-refractivity contribution is 0.102. The molecule has 5 nitrogen and oxygen atoms in total. The Balaban J connectivity index is 1.81. The third-order valence-electron chi connectivity index (χ3n) is 3.95. The molecule has 0 unspecified atom stereocenters. The second-order valence-electron chi connectivity index (χ2n) is 5.42. The van der Waals surface area contributed by atoms with E-state index in [1.165, 1.54) is 12.7 Å². The van der Waals surface area contributed by atoms with Crippen LogP contribution >= 0.6 is 0 Å². The summed E-state index contributed by atoms with van der Waals surface area (Å²) in [4.78, 5) is 12.5. The fraction of sp³-hybridized carbons (Fsp3) is 0.278. The van der Waals surface area contributed by atoms with Crippen LogP contribution in [0, 0.1) is 0 Å². The Morgan fingerprint density at radius 2 is 2.00 bits per heavy atom. The van der Waals surface area contributed by atoms with Crippen LogP contribution in [0.5, 0.6) is 11.5 Å². The van der Waals surface area contributed by atoms with Gasteiger partial charge >= 0.3 is 0 Å². The molecular weight excluding hydrogens is 292 g/mol. The molecule has 2 aromatic rings. The van der Waals surface area contributed by atoms with Crippen molar-refractivity contribution >= 4 is 17.3 Å². The van der Waals surface area contributed by atoms with Crippen LogP contribution in [-0.2, 0) is 6.42 Å². The predicted octanol–water partition coefficient (Wildman–Crippen LogP) is 3.31. The van der Waals surface area contributed by atoms with Gasteiger partial charge in [-0.1, -0.05) is 0 Å². The zero-order valence-corrected chi connectivity index (χ0v) is 13.3. The van der Waals surface area contributed by atoms with Gasteiger partial charge in [0.15, 0.2) is 0 Å². The van der Waals surface area contributed by atoms with Crippen LogP contribution in [0.15, 0.2) is 36.4 Å². The molecule has 0 saturated heterocycles. The van der Waals surface area contributed by atoms with E-state index in [0.29, 0.717) is 17.1 Å². The Hall–Kier alpha value is -2.69. The number of benzene rings is 2. The lowest BCUT2D eigenvalue weighted by Crippen LogP contribution is -2.15. The number of nitrogens with one attached hydrogen (secondary N) is 2. The molecule has 0 atom stereocenters. The number of anilines is 2. The second-order valence-corrected chi connectivity index (χ2v) is 5.42. The summed E-state index contributed by atoms with van der Waals surface area (Å²) in [5.41, 5.74) is 3.64. The molecule has 0 fully saturated rings. The molecule has 5 heteroatoms. The van der Waals surface area contributed by atoms with E-state index in [-0.39, 0.29) is 5.91 Å². The van der Waals surface area contributed by atoms with Gasteiger partial charge in [-0.2, -0.15) is 0 Å². The molecule has 1 amide bonds. The number of hydrogen-bond acceptors (Lipinski definition) is 4. The zero-order chi connectivity index (χ0) is 16.2. The minimum Gasteiger partial charge on any atom is -0.497 e. The summed E-state index contributed by atoms with van der Waals surface area (Å²) in [7, 11) is 3.12. The normalized spacial score (nSPS) is 12.8. The molecular formula is C18H20N2O3. The molecule has 0 spiro atoms. The number of fused-ring (bicyclic) bond motifs is 1. The predicted molar refractivity (Wildman–Crippen MR) is 90.8 cm³/mol. The molecule has 0 bridgehead atoms. The third kappa shape index (κ3) is 3.23.